The molecule has 0 saturated carbocycles. The number of nitrogens with two attached hydrogens (primary N) is 1. The number of amides is 2. The van der Waals surface area contributed by atoms with Crippen molar-refractivity contribution in [2.45, 2.75) is 38.4 Å². The topological polar surface area (TPSA) is 97.3 Å². The molecular formula is C21H30N6O2S. The Hall–Kier alpha value is -2.55. The van der Waals surface area contributed by atoms with Crippen LogP contribution in [0, 0.1) is 5.92 Å². The van der Waals surface area contributed by atoms with Crippen LogP contribution in [0.4, 0.5) is 5.69 Å². The predicted octanol–water partition coefficient (Wildman–Crippen LogP) is 1.79. The van der Waals surface area contributed by atoms with Gasteiger partial charge in [-0.3, -0.25) is 9.59 Å². The molecule has 1 aromatic heterocycles. The summed E-state index contributed by atoms with van der Waals surface area (Å²) in [5.74, 6) is 1.24. The van der Waals surface area contributed by atoms with Crippen LogP contribution in [0.25, 0.3) is 0 Å². The van der Waals surface area contributed by atoms with Gasteiger partial charge in [-0.15, -0.1) is 10.2 Å². The van der Waals surface area contributed by atoms with E-state index >= 15 is 0 Å². The highest BCUT2D eigenvalue weighted by atomic mass is 32.2. The zero-order valence-electron chi connectivity index (χ0n) is 17.7. The first-order valence-corrected chi connectivity index (χ1v) is 11.3. The van der Waals surface area contributed by atoms with Gasteiger partial charge in [-0.05, 0) is 18.1 Å². The maximum absolute atomic E-state index is 12.7. The smallest absolute Gasteiger partial charge is 0.233 e. The predicted molar refractivity (Wildman–Crippen MR) is 118 cm³/mol. The Bertz CT molecular complexity index is 846. The van der Waals surface area contributed by atoms with Crippen molar-refractivity contribution in [3.05, 3.63) is 36.2 Å². The minimum Gasteiger partial charge on any atom is -0.370 e. The van der Waals surface area contributed by atoms with Crippen LogP contribution in [0.5, 0.6) is 0 Å². The molecule has 3 rings (SSSR count). The molecule has 0 bridgehead atoms. The number of piperazine rings is 1. The summed E-state index contributed by atoms with van der Waals surface area (Å²) < 4.78 is 2.01. The maximum atomic E-state index is 12.7. The van der Waals surface area contributed by atoms with Crippen molar-refractivity contribution in [1.82, 2.24) is 19.7 Å². The molecule has 2 aromatic rings. The average Bonchev–Trinajstić information content (AvgIpc) is 3.12. The molecule has 30 heavy (non-hydrogen) atoms. The number of hydrogen-bond donors (Lipinski definition) is 1. The van der Waals surface area contributed by atoms with Crippen LogP contribution in [-0.4, -0.2) is 63.4 Å². The number of aryl methyl sites for hydroxylation is 1. The summed E-state index contributed by atoms with van der Waals surface area (Å²) in [6.07, 6.45) is 0.705. The highest BCUT2D eigenvalue weighted by Gasteiger charge is 2.22. The quantitative estimate of drug-likeness (QED) is 0.609. The third-order valence-electron chi connectivity index (χ3n) is 5.01. The van der Waals surface area contributed by atoms with Crippen molar-refractivity contribution in [3.8, 4) is 0 Å². The number of hydrogen-bond acceptors (Lipinski definition) is 6. The van der Waals surface area contributed by atoms with Crippen LogP contribution in [0.3, 0.4) is 0 Å². The number of para-hydroxylation sites is 1. The molecule has 2 N–H and O–H groups in total. The molecule has 2 amide bonds. The summed E-state index contributed by atoms with van der Waals surface area (Å²) in [4.78, 5) is 28.1. The third kappa shape index (κ3) is 5.98. The number of nitrogens with zero attached hydrogens (tertiary/aromatic N) is 5. The average molecular weight is 431 g/mol. The van der Waals surface area contributed by atoms with Crippen molar-refractivity contribution in [2.75, 3.05) is 36.8 Å². The van der Waals surface area contributed by atoms with Crippen LogP contribution in [0.15, 0.2) is 35.5 Å². The molecule has 1 aliphatic rings. The van der Waals surface area contributed by atoms with E-state index in [1.807, 2.05) is 27.7 Å². The van der Waals surface area contributed by atoms with Crippen molar-refractivity contribution in [3.63, 3.8) is 0 Å². The number of aromatic nitrogens is 3. The fourth-order valence-corrected chi connectivity index (χ4v) is 4.33. The first-order valence-electron chi connectivity index (χ1n) is 10.3. The number of carbonyl (C=O) groups is 2. The second-order valence-corrected chi connectivity index (χ2v) is 8.80. The molecule has 0 unspecified atom stereocenters. The summed E-state index contributed by atoms with van der Waals surface area (Å²) in [5.41, 5.74) is 6.47. The molecule has 0 atom stereocenters. The number of thioether (sulfide) groups is 1. The van der Waals surface area contributed by atoms with Crippen LogP contribution in [0.1, 0.15) is 26.1 Å². The Labute approximate surface area is 181 Å². The lowest BCUT2D eigenvalue weighted by Crippen LogP contribution is -2.49. The Morgan fingerprint density at radius 1 is 1.10 bits per heavy atom. The van der Waals surface area contributed by atoms with Gasteiger partial charge < -0.3 is 20.1 Å². The zero-order chi connectivity index (χ0) is 21.5. The van der Waals surface area contributed by atoms with Gasteiger partial charge in [0.15, 0.2) is 5.16 Å². The first-order chi connectivity index (χ1) is 14.4. The van der Waals surface area contributed by atoms with Crippen LogP contribution >= 0.6 is 11.8 Å². The number of primary amides is 1. The summed E-state index contributed by atoms with van der Waals surface area (Å²) in [6.45, 7) is 8.08. The second kappa shape index (κ2) is 10.5. The lowest BCUT2D eigenvalue weighted by Gasteiger charge is -2.36. The van der Waals surface area contributed by atoms with E-state index in [0.717, 1.165) is 43.7 Å². The normalized spacial score (nSPS) is 14.4. The van der Waals surface area contributed by atoms with Gasteiger partial charge >= 0.3 is 0 Å². The van der Waals surface area contributed by atoms with E-state index in [1.165, 1.54) is 17.4 Å². The minimum absolute atomic E-state index is 0.116. The Kier molecular flexibility index (Phi) is 7.73. The van der Waals surface area contributed by atoms with E-state index in [-0.39, 0.29) is 18.2 Å². The van der Waals surface area contributed by atoms with Crippen LogP contribution in [-0.2, 0) is 22.6 Å². The molecule has 0 spiro atoms. The van der Waals surface area contributed by atoms with Gasteiger partial charge in [0.2, 0.25) is 11.8 Å². The van der Waals surface area contributed by atoms with E-state index in [0.29, 0.717) is 18.1 Å². The van der Waals surface area contributed by atoms with E-state index in [4.69, 9.17) is 5.73 Å². The van der Waals surface area contributed by atoms with E-state index in [2.05, 4.69) is 41.1 Å². The molecule has 162 valence electrons. The number of carbonyl (C=O) groups excluding carboxylic acids is 2. The standard InChI is InChI=1S/C21H30N6O2S/c1-16(2)14-27-19(9-8-18(22)28)23-24-21(27)30-15-20(29)26-12-10-25(11-13-26)17-6-4-3-5-7-17/h3-7,16H,8-15H2,1-2H3,(H2,22,28). The SMILES string of the molecule is CC(C)Cn1c(CCC(N)=O)nnc1SCC(=O)N1CCN(c2ccccc2)CC1. The number of anilines is 1. The molecule has 1 aliphatic heterocycles. The highest BCUT2D eigenvalue weighted by Crippen LogP contribution is 2.21. The van der Waals surface area contributed by atoms with Gasteiger partial charge in [0.25, 0.3) is 0 Å². The van der Waals surface area contributed by atoms with Gasteiger partial charge in [-0.2, -0.15) is 0 Å². The van der Waals surface area contributed by atoms with Gasteiger partial charge in [0, 0.05) is 51.3 Å². The van der Waals surface area contributed by atoms with Gasteiger partial charge in [-0.25, -0.2) is 0 Å². The van der Waals surface area contributed by atoms with Crippen molar-refractivity contribution >= 4 is 29.3 Å². The molecule has 2 heterocycles. The number of rotatable bonds is 9. The fraction of sp³-hybridized carbons (Fsp3) is 0.524. The van der Waals surface area contributed by atoms with Crippen molar-refractivity contribution < 1.29 is 9.59 Å². The second-order valence-electron chi connectivity index (χ2n) is 7.86. The number of benzene rings is 1. The summed E-state index contributed by atoms with van der Waals surface area (Å²) >= 11 is 1.41. The first kappa shape index (κ1) is 22.1. The molecular weight excluding hydrogens is 400 g/mol. The lowest BCUT2D eigenvalue weighted by molar-refractivity contribution is -0.128. The fourth-order valence-electron chi connectivity index (χ4n) is 3.46. The third-order valence-corrected chi connectivity index (χ3v) is 5.97. The van der Waals surface area contributed by atoms with Crippen molar-refractivity contribution in [2.24, 2.45) is 11.7 Å². The van der Waals surface area contributed by atoms with Crippen LogP contribution in [0.2, 0.25) is 0 Å². The molecule has 0 aliphatic carbocycles. The highest BCUT2D eigenvalue weighted by molar-refractivity contribution is 7.99. The molecule has 0 radical (unpaired) electrons. The lowest BCUT2D eigenvalue weighted by atomic mass is 10.2. The molecule has 8 nitrogen and oxygen atoms in total. The molecule has 1 fully saturated rings. The van der Waals surface area contributed by atoms with E-state index in [9.17, 15) is 9.59 Å². The molecule has 9 heteroatoms. The molecule has 1 saturated heterocycles. The Morgan fingerprint density at radius 3 is 2.43 bits per heavy atom. The van der Waals surface area contributed by atoms with E-state index < -0.39 is 0 Å². The zero-order valence-corrected chi connectivity index (χ0v) is 18.5. The summed E-state index contributed by atoms with van der Waals surface area (Å²) in [5, 5.41) is 9.21. The van der Waals surface area contributed by atoms with Gasteiger partial charge in [0.05, 0.1) is 5.75 Å². The Balaban J connectivity index is 1.55. The maximum Gasteiger partial charge on any atom is 0.233 e. The Morgan fingerprint density at radius 2 is 1.80 bits per heavy atom. The monoisotopic (exact) mass is 430 g/mol. The summed E-state index contributed by atoms with van der Waals surface area (Å²) in [6, 6.07) is 10.3. The van der Waals surface area contributed by atoms with Crippen molar-refractivity contribution in [1.29, 1.82) is 0 Å². The minimum atomic E-state index is -0.354. The van der Waals surface area contributed by atoms with Gasteiger partial charge in [0.1, 0.15) is 5.82 Å². The van der Waals surface area contributed by atoms with Gasteiger partial charge in [-0.1, -0.05) is 43.8 Å². The molecule has 1 aromatic carbocycles. The summed E-state index contributed by atoms with van der Waals surface area (Å²) in [7, 11) is 0. The largest absolute Gasteiger partial charge is 0.370 e. The van der Waals surface area contributed by atoms with E-state index in [1.54, 1.807) is 0 Å². The van der Waals surface area contributed by atoms with Crippen LogP contribution < -0.4 is 10.6 Å².